The molecular formula is C22H20BrNO4S. The number of aryl methyl sites for hydroxylation is 1. The number of carbonyl (C=O) groups is 2. The number of aromatic carboxylic acids is 1. The van der Waals surface area contributed by atoms with Gasteiger partial charge in [0.1, 0.15) is 21.7 Å². The minimum absolute atomic E-state index is 0.106. The average molecular weight is 474 g/mol. The lowest BCUT2D eigenvalue weighted by Gasteiger charge is -2.06. The molecule has 0 bridgehead atoms. The van der Waals surface area contributed by atoms with Crippen LogP contribution in [-0.4, -0.2) is 17.0 Å². The molecule has 29 heavy (non-hydrogen) atoms. The Morgan fingerprint density at radius 3 is 2.52 bits per heavy atom. The first-order chi connectivity index (χ1) is 13.9. The fourth-order valence-electron chi connectivity index (χ4n) is 2.98. The Morgan fingerprint density at radius 2 is 1.93 bits per heavy atom. The summed E-state index contributed by atoms with van der Waals surface area (Å²) in [6, 6.07) is 9.30. The van der Waals surface area contributed by atoms with Crippen molar-refractivity contribution in [2.75, 3.05) is 5.32 Å². The van der Waals surface area contributed by atoms with Crippen LogP contribution in [0.2, 0.25) is 0 Å². The molecule has 0 unspecified atom stereocenters. The molecule has 2 heterocycles. The lowest BCUT2D eigenvalue weighted by atomic mass is 10.0. The number of hydrogen-bond donors (Lipinski definition) is 2. The zero-order chi connectivity index (χ0) is 21.0. The molecule has 0 saturated carbocycles. The van der Waals surface area contributed by atoms with Crippen LogP contribution in [0.5, 0.6) is 0 Å². The topological polar surface area (TPSA) is 79.5 Å². The standard InChI is InChI=1S/C22H20BrNO4S/c1-3-13-11-16(28-18(13)4-2)9-10-19(25)24-21-20(22(26)27)17(12-29-21)14-5-7-15(23)8-6-14/h3-8,11-12H,9-10H2,1-2H3,(H,24,25)(H,26,27)/b13-3-,18-4+. The van der Waals surface area contributed by atoms with Gasteiger partial charge in [0, 0.05) is 33.5 Å². The van der Waals surface area contributed by atoms with E-state index in [0.717, 1.165) is 26.4 Å². The van der Waals surface area contributed by atoms with Crippen LogP contribution < -0.4 is 16.0 Å². The largest absolute Gasteiger partial charge is 0.478 e. The predicted molar refractivity (Wildman–Crippen MR) is 120 cm³/mol. The molecule has 0 fully saturated rings. The second-order valence-electron chi connectivity index (χ2n) is 6.32. The summed E-state index contributed by atoms with van der Waals surface area (Å²) >= 11 is 4.58. The van der Waals surface area contributed by atoms with Crippen molar-refractivity contribution in [1.82, 2.24) is 0 Å². The van der Waals surface area contributed by atoms with E-state index in [1.54, 1.807) is 5.38 Å². The normalized spacial score (nSPS) is 12.4. The van der Waals surface area contributed by atoms with Crippen molar-refractivity contribution in [2.45, 2.75) is 26.7 Å². The monoisotopic (exact) mass is 473 g/mol. The summed E-state index contributed by atoms with van der Waals surface area (Å²) in [5, 5.41) is 15.5. The number of carboxylic acid groups (broad SMARTS) is 1. The van der Waals surface area contributed by atoms with Gasteiger partial charge in [0.05, 0.1) is 0 Å². The zero-order valence-electron chi connectivity index (χ0n) is 16.0. The Morgan fingerprint density at radius 1 is 1.21 bits per heavy atom. The van der Waals surface area contributed by atoms with Gasteiger partial charge >= 0.3 is 5.97 Å². The van der Waals surface area contributed by atoms with Crippen molar-refractivity contribution >= 4 is 56.3 Å². The SMILES string of the molecule is C/C=c1/cc(CCC(=O)Nc2scc(-c3ccc(Br)cc3)c2C(=O)O)o/c1=C/C. The van der Waals surface area contributed by atoms with Gasteiger partial charge in [-0.05, 0) is 43.7 Å². The Bertz CT molecular complexity index is 1130. The fraction of sp³-hybridized carbons (Fsp3) is 0.182. The van der Waals surface area contributed by atoms with Crippen molar-refractivity contribution in [3.05, 3.63) is 62.1 Å². The lowest BCUT2D eigenvalue weighted by molar-refractivity contribution is -0.116. The van der Waals surface area contributed by atoms with E-state index in [4.69, 9.17) is 4.42 Å². The van der Waals surface area contributed by atoms with E-state index in [1.807, 2.05) is 56.3 Å². The van der Waals surface area contributed by atoms with Crippen molar-refractivity contribution in [3.63, 3.8) is 0 Å². The highest BCUT2D eigenvalue weighted by Gasteiger charge is 2.21. The van der Waals surface area contributed by atoms with Gasteiger partial charge in [-0.25, -0.2) is 4.79 Å². The number of carbonyl (C=O) groups excluding carboxylic acids is 1. The third-order valence-electron chi connectivity index (χ3n) is 4.43. The molecule has 2 N–H and O–H groups in total. The zero-order valence-corrected chi connectivity index (χ0v) is 18.4. The van der Waals surface area contributed by atoms with Crippen LogP contribution in [0.15, 0.2) is 44.6 Å². The Hall–Kier alpha value is -2.64. The maximum atomic E-state index is 12.4. The van der Waals surface area contributed by atoms with Crippen molar-refractivity contribution in [3.8, 4) is 11.1 Å². The number of nitrogens with one attached hydrogen (secondary N) is 1. The molecule has 0 aliphatic rings. The summed E-state index contributed by atoms with van der Waals surface area (Å²) in [4.78, 5) is 24.3. The van der Waals surface area contributed by atoms with Gasteiger partial charge in [-0.2, -0.15) is 0 Å². The number of hydrogen-bond acceptors (Lipinski definition) is 4. The van der Waals surface area contributed by atoms with Crippen LogP contribution in [0.25, 0.3) is 23.3 Å². The highest BCUT2D eigenvalue weighted by Crippen LogP contribution is 2.36. The molecule has 3 rings (SSSR count). The summed E-state index contributed by atoms with van der Waals surface area (Å²) < 4.78 is 6.64. The average Bonchev–Trinajstić information content (AvgIpc) is 3.30. The minimum atomic E-state index is -1.07. The molecule has 150 valence electrons. The number of rotatable bonds is 6. The highest BCUT2D eigenvalue weighted by atomic mass is 79.9. The highest BCUT2D eigenvalue weighted by molar-refractivity contribution is 9.10. The predicted octanol–water partition coefficient (Wildman–Crippen LogP) is 4.64. The van der Waals surface area contributed by atoms with Gasteiger partial charge in [0.15, 0.2) is 0 Å². The molecular weight excluding hydrogens is 454 g/mol. The summed E-state index contributed by atoms with van der Waals surface area (Å²) in [5.74, 6) is -0.601. The summed E-state index contributed by atoms with van der Waals surface area (Å²) in [7, 11) is 0. The van der Waals surface area contributed by atoms with E-state index >= 15 is 0 Å². The van der Waals surface area contributed by atoms with Crippen molar-refractivity contribution in [1.29, 1.82) is 0 Å². The van der Waals surface area contributed by atoms with Crippen molar-refractivity contribution in [2.24, 2.45) is 0 Å². The molecule has 2 aromatic heterocycles. The number of furan rings is 1. The van der Waals surface area contributed by atoms with E-state index in [1.165, 1.54) is 11.3 Å². The van der Waals surface area contributed by atoms with Crippen LogP contribution in [0.1, 0.15) is 36.4 Å². The molecule has 7 heteroatoms. The number of amides is 1. The Labute approximate surface area is 180 Å². The second kappa shape index (κ2) is 9.24. The summed E-state index contributed by atoms with van der Waals surface area (Å²) in [5.41, 5.74) is 2.26. The van der Waals surface area contributed by atoms with Crippen LogP contribution >= 0.6 is 27.3 Å². The number of carboxylic acids is 1. The molecule has 3 aromatic rings. The molecule has 0 saturated heterocycles. The number of halogens is 1. The third kappa shape index (κ3) is 4.86. The molecule has 1 amide bonds. The van der Waals surface area contributed by atoms with Crippen LogP contribution in [0.3, 0.4) is 0 Å². The van der Waals surface area contributed by atoms with Gasteiger partial charge in [-0.1, -0.05) is 34.1 Å². The third-order valence-corrected chi connectivity index (χ3v) is 5.85. The van der Waals surface area contributed by atoms with Crippen LogP contribution in [0, 0.1) is 0 Å². The van der Waals surface area contributed by atoms with E-state index in [0.29, 0.717) is 17.0 Å². The fourth-order valence-corrected chi connectivity index (χ4v) is 4.22. The molecule has 1 aromatic carbocycles. The quantitative estimate of drug-likeness (QED) is 0.546. The first-order valence-corrected chi connectivity index (χ1v) is 10.7. The van der Waals surface area contributed by atoms with Crippen molar-refractivity contribution < 1.29 is 19.1 Å². The Balaban J connectivity index is 1.76. The number of thiophene rings is 1. The van der Waals surface area contributed by atoms with E-state index < -0.39 is 5.97 Å². The van der Waals surface area contributed by atoms with E-state index in [2.05, 4.69) is 21.2 Å². The van der Waals surface area contributed by atoms with Crippen LogP contribution in [0.4, 0.5) is 5.00 Å². The van der Waals surface area contributed by atoms with Gasteiger partial charge in [0.25, 0.3) is 0 Å². The summed E-state index contributed by atoms with van der Waals surface area (Å²) in [6.45, 7) is 3.83. The summed E-state index contributed by atoms with van der Waals surface area (Å²) in [6.07, 6.45) is 4.47. The maximum absolute atomic E-state index is 12.4. The maximum Gasteiger partial charge on any atom is 0.339 e. The van der Waals surface area contributed by atoms with Gasteiger partial charge in [-0.15, -0.1) is 11.3 Å². The second-order valence-corrected chi connectivity index (χ2v) is 8.12. The smallest absolute Gasteiger partial charge is 0.339 e. The van der Waals surface area contributed by atoms with Gasteiger partial charge < -0.3 is 14.8 Å². The molecule has 0 aliphatic heterocycles. The minimum Gasteiger partial charge on any atom is -0.478 e. The van der Waals surface area contributed by atoms with E-state index in [9.17, 15) is 14.7 Å². The number of anilines is 1. The molecule has 0 spiro atoms. The first-order valence-electron chi connectivity index (χ1n) is 9.05. The number of benzene rings is 1. The molecule has 5 nitrogen and oxygen atoms in total. The van der Waals surface area contributed by atoms with Crippen LogP contribution in [-0.2, 0) is 11.2 Å². The lowest BCUT2D eigenvalue weighted by Crippen LogP contribution is -2.17. The van der Waals surface area contributed by atoms with Gasteiger partial charge in [0.2, 0.25) is 5.91 Å². The molecule has 0 radical (unpaired) electrons. The van der Waals surface area contributed by atoms with E-state index in [-0.39, 0.29) is 17.9 Å². The first kappa shape index (κ1) is 21.1. The molecule has 0 aliphatic carbocycles. The van der Waals surface area contributed by atoms with Gasteiger partial charge in [-0.3, -0.25) is 4.79 Å². The molecule has 0 atom stereocenters. The Kier molecular flexibility index (Phi) is 6.71.